The van der Waals surface area contributed by atoms with Crippen LogP contribution in [0.1, 0.15) is 25.2 Å². The summed E-state index contributed by atoms with van der Waals surface area (Å²) >= 11 is 2.96. The molecule has 9 heteroatoms. The molecule has 7 nitrogen and oxygen atoms in total. The van der Waals surface area contributed by atoms with Crippen LogP contribution in [0.3, 0.4) is 0 Å². The van der Waals surface area contributed by atoms with Crippen molar-refractivity contribution in [3.05, 3.63) is 71.4 Å². The number of nitrogens with one attached hydrogen (secondary N) is 2. The highest BCUT2D eigenvalue weighted by molar-refractivity contribution is 7.99. The maximum absolute atomic E-state index is 12.5. The molecule has 0 unspecified atom stereocenters. The Morgan fingerprint density at radius 2 is 1.85 bits per heavy atom. The Hall–Kier alpha value is -3.17. The van der Waals surface area contributed by atoms with Crippen molar-refractivity contribution in [3.8, 4) is 11.3 Å². The molecular formula is C24H26N6OS2. The summed E-state index contributed by atoms with van der Waals surface area (Å²) in [5.41, 5.74) is 4.04. The molecule has 0 aliphatic carbocycles. The third-order valence-corrected chi connectivity index (χ3v) is 6.85. The molecule has 33 heavy (non-hydrogen) atoms. The number of anilines is 2. The lowest BCUT2D eigenvalue weighted by molar-refractivity contribution is -0.113. The zero-order chi connectivity index (χ0) is 23.0. The van der Waals surface area contributed by atoms with Crippen molar-refractivity contribution in [3.63, 3.8) is 0 Å². The zero-order valence-corrected chi connectivity index (χ0v) is 20.2. The predicted octanol–water partition coefficient (Wildman–Crippen LogP) is 5.33. The molecule has 1 amide bonds. The average Bonchev–Trinajstić information content (AvgIpc) is 3.49. The number of rotatable bonds is 10. The summed E-state index contributed by atoms with van der Waals surface area (Å²) in [7, 11) is 0. The number of carbonyl (C=O) groups is 1. The third-order valence-electron chi connectivity index (χ3n) is 5.09. The smallest absolute Gasteiger partial charge is 0.234 e. The molecule has 4 rings (SSSR count). The highest BCUT2D eigenvalue weighted by Crippen LogP contribution is 2.25. The molecule has 0 aliphatic rings. The van der Waals surface area contributed by atoms with E-state index in [1.807, 2.05) is 71.5 Å². The Morgan fingerprint density at radius 1 is 1.06 bits per heavy atom. The molecule has 2 aromatic carbocycles. The lowest BCUT2D eigenvalue weighted by atomic mass is 10.1. The van der Waals surface area contributed by atoms with E-state index in [0.29, 0.717) is 6.54 Å². The largest absolute Gasteiger partial charge is 0.354 e. The number of nitrogens with zero attached hydrogens (tertiary/aromatic N) is 4. The van der Waals surface area contributed by atoms with Crippen molar-refractivity contribution < 1.29 is 4.79 Å². The lowest BCUT2D eigenvalue weighted by Gasteiger charge is -2.10. The number of thioether (sulfide) groups is 1. The summed E-state index contributed by atoms with van der Waals surface area (Å²) in [4.78, 5) is 17.1. The molecule has 0 bridgehead atoms. The lowest BCUT2D eigenvalue weighted by Crippen LogP contribution is -2.16. The van der Waals surface area contributed by atoms with Crippen LogP contribution in [0.4, 0.5) is 10.8 Å². The van der Waals surface area contributed by atoms with Gasteiger partial charge in [-0.2, -0.15) is 0 Å². The molecule has 0 aliphatic heterocycles. The number of carbonyl (C=O) groups excluding carboxylic acids is 1. The van der Waals surface area contributed by atoms with Crippen molar-refractivity contribution in [2.75, 3.05) is 16.4 Å². The van der Waals surface area contributed by atoms with Crippen LogP contribution < -0.4 is 10.6 Å². The van der Waals surface area contributed by atoms with E-state index < -0.39 is 0 Å². The van der Waals surface area contributed by atoms with Gasteiger partial charge in [0, 0.05) is 23.2 Å². The van der Waals surface area contributed by atoms with Gasteiger partial charge >= 0.3 is 0 Å². The summed E-state index contributed by atoms with van der Waals surface area (Å²) < 4.78 is 2.02. The summed E-state index contributed by atoms with van der Waals surface area (Å²) in [5.74, 6) is 1.03. The summed E-state index contributed by atoms with van der Waals surface area (Å²) in [5, 5.41) is 18.6. The van der Waals surface area contributed by atoms with Crippen molar-refractivity contribution in [1.82, 2.24) is 19.7 Å². The van der Waals surface area contributed by atoms with Gasteiger partial charge in [0.25, 0.3) is 0 Å². The molecule has 4 aromatic rings. The number of aryl methyl sites for hydroxylation is 1. The molecule has 0 saturated carbocycles. The number of para-hydroxylation sites is 1. The van der Waals surface area contributed by atoms with Crippen LogP contribution in [0.15, 0.2) is 65.1 Å². The fourth-order valence-electron chi connectivity index (χ4n) is 3.39. The highest BCUT2D eigenvalue weighted by Gasteiger charge is 2.14. The number of hydrogen-bond acceptors (Lipinski definition) is 7. The number of benzene rings is 2. The van der Waals surface area contributed by atoms with Gasteiger partial charge < -0.3 is 15.2 Å². The fourth-order valence-corrected chi connectivity index (χ4v) is 4.93. The van der Waals surface area contributed by atoms with Crippen LogP contribution in [-0.2, 0) is 24.3 Å². The molecule has 0 atom stereocenters. The molecule has 0 saturated heterocycles. The van der Waals surface area contributed by atoms with E-state index in [1.165, 1.54) is 11.8 Å². The van der Waals surface area contributed by atoms with Crippen LogP contribution >= 0.6 is 23.1 Å². The minimum absolute atomic E-state index is 0.0533. The molecule has 2 heterocycles. The van der Waals surface area contributed by atoms with Gasteiger partial charge in [-0.1, -0.05) is 67.2 Å². The minimum atomic E-state index is -0.0533. The van der Waals surface area contributed by atoms with E-state index in [4.69, 9.17) is 0 Å². The minimum Gasteiger partial charge on any atom is -0.354 e. The van der Waals surface area contributed by atoms with Gasteiger partial charge in [0.05, 0.1) is 18.0 Å². The molecule has 2 N–H and O–H groups in total. The van der Waals surface area contributed by atoms with Gasteiger partial charge in [-0.3, -0.25) is 4.79 Å². The molecule has 0 fully saturated rings. The standard InChI is InChI=1S/C24H26N6OS2/c1-3-17-10-8-9-13-19(17)26-22(31)16-33-24-29-28-21(30(24)4-2)14-25-23-27-20(15-32-23)18-11-6-5-7-12-18/h5-13,15H,3-4,14,16H2,1-2H3,(H,25,27)(H,26,31). The van der Waals surface area contributed by atoms with Crippen LogP contribution in [0.5, 0.6) is 0 Å². The molecular weight excluding hydrogens is 452 g/mol. The second-order valence-electron chi connectivity index (χ2n) is 7.25. The van der Waals surface area contributed by atoms with E-state index in [9.17, 15) is 4.79 Å². The van der Waals surface area contributed by atoms with E-state index in [0.717, 1.165) is 51.6 Å². The van der Waals surface area contributed by atoms with Crippen LogP contribution in [-0.4, -0.2) is 31.4 Å². The van der Waals surface area contributed by atoms with Crippen molar-refractivity contribution in [2.45, 2.75) is 38.5 Å². The topological polar surface area (TPSA) is 84.7 Å². The van der Waals surface area contributed by atoms with Crippen molar-refractivity contribution in [2.24, 2.45) is 0 Å². The highest BCUT2D eigenvalue weighted by atomic mass is 32.2. The van der Waals surface area contributed by atoms with E-state index >= 15 is 0 Å². The van der Waals surface area contributed by atoms with Gasteiger partial charge in [-0.25, -0.2) is 4.98 Å². The van der Waals surface area contributed by atoms with Crippen LogP contribution in [0.25, 0.3) is 11.3 Å². The van der Waals surface area contributed by atoms with E-state index in [-0.39, 0.29) is 11.7 Å². The molecule has 0 radical (unpaired) electrons. The third kappa shape index (κ3) is 5.80. The normalized spacial score (nSPS) is 10.8. The number of hydrogen-bond donors (Lipinski definition) is 2. The summed E-state index contributed by atoms with van der Waals surface area (Å²) in [6.07, 6.45) is 0.871. The first-order chi connectivity index (χ1) is 16.2. The van der Waals surface area contributed by atoms with Crippen molar-refractivity contribution in [1.29, 1.82) is 0 Å². The fraction of sp³-hybridized carbons (Fsp3) is 0.250. The Bertz CT molecular complexity index is 1200. The maximum Gasteiger partial charge on any atom is 0.234 e. The Balaban J connectivity index is 1.34. The van der Waals surface area contributed by atoms with Gasteiger partial charge in [0.15, 0.2) is 16.1 Å². The first-order valence-electron chi connectivity index (χ1n) is 10.8. The monoisotopic (exact) mass is 478 g/mol. The molecule has 170 valence electrons. The van der Waals surface area contributed by atoms with E-state index in [1.54, 1.807) is 11.3 Å². The van der Waals surface area contributed by atoms with Gasteiger partial charge in [0.2, 0.25) is 5.91 Å². The first kappa shape index (κ1) is 23.0. The number of aromatic nitrogens is 4. The Kier molecular flexibility index (Phi) is 7.74. The average molecular weight is 479 g/mol. The quantitative estimate of drug-likeness (QED) is 0.300. The van der Waals surface area contributed by atoms with Gasteiger partial charge in [-0.05, 0) is 25.0 Å². The van der Waals surface area contributed by atoms with Crippen molar-refractivity contribution >= 4 is 39.8 Å². The van der Waals surface area contributed by atoms with Crippen LogP contribution in [0, 0.1) is 0 Å². The summed E-state index contributed by atoms with van der Waals surface area (Å²) in [6, 6.07) is 18.0. The SMILES string of the molecule is CCc1ccccc1NC(=O)CSc1nnc(CNc2nc(-c3ccccc3)cs2)n1CC. The summed E-state index contributed by atoms with van der Waals surface area (Å²) in [6.45, 7) is 5.36. The zero-order valence-electron chi connectivity index (χ0n) is 18.6. The first-order valence-corrected chi connectivity index (χ1v) is 12.7. The Morgan fingerprint density at radius 3 is 2.64 bits per heavy atom. The maximum atomic E-state index is 12.5. The predicted molar refractivity (Wildman–Crippen MR) is 136 cm³/mol. The van der Waals surface area contributed by atoms with Gasteiger partial charge in [0.1, 0.15) is 0 Å². The van der Waals surface area contributed by atoms with Gasteiger partial charge in [-0.15, -0.1) is 21.5 Å². The van der Waals surface area contributed by atoms with E-state index in [2.05, 4.69) is 32.7 Å². The second-order valence-corrected chi connectivity index (χ2v) is 9.05. The van der Waals surface area contributed by atoms with Crippen LogP contribution in [0.2, 0.25) is 0 Å². The Labute approximate surface area is 201 Å². The number of thiazole rings is 1. The number of amides is 1. The molecule has 2 aromatic heterocycles. The second kappa shape index (κ2) is 11.1. The molecule has 0 spiro atoms.